The first-order chi connectivity index (χ1) is 10.2. The maximum atomic E-state index is 12.1. The van der Waals surface area contributed by atoms with Gasteiger partial charge in [0.25, 0.3) is 0 Å². The number of rotatable bonds is 5. The molecule has 2 fully saturated rings. The van der Waals surface area contributed by atoms with Crippen molar-refractivity contribution in [3.8, 4) is 0 Å². The lowest BCUT2D eigenvalue weighted by Gasteiger charge is -2.31. The second-order valence-electron chi connectivity index (χ2n) is 6.27. The van der Waals surface area contributed by atoms with E-state index in [1.54, 1.807) is 0 Å². The van der Waals surface area contributed by atoms with Crippen molar-refractivity contribution >= 4 is 18.3 Å². The smallest absolute Gasteiger partial charge is 0.225 e. The van der Waals surface area contributed by atoms with Gasteiger partial charge in [0.2, 0.25) is 5.91 Å². The number of hydrogen-bond acceptors (Lipinski definition) is 3. The van der Waals surface area contributed by atoms with Crippen LogP contribution in [-0.4, -0.2) is 43.5 Å². The quantitative estimate of drug-likeness (QED) is 0.869. The summed E-state index contributed by atoms with van der Waals surface area (Å²) >= 11 is 0. The fraction of sp³-hybridized carbons (Fsp3) is 0.588. The Morgan fingerprint density at radius 1 is 1.27 bits per heavy atom. The fourth-order valence-electron chi connectivity index (χ4n) is 3.12. The summed E-state index contributed by atoms with van der Waals surface area (Å²) in [5.41, 5.74) is 2.60. The van der Waals surface area contributed by atoms with E-state index in [0.717, 1.165) is 32.7 Å². The molecule has 0 bridgehead atoms. The number of aryl methyl sites for hydroxylation is 1. The van der Waals surface area contributed by atoms with Crippen LogP contribution in [0.1, 0.15) is 30.0 Å². The molecule has 0 radical (unpaired) electrons. The predicted octanol–water partition coefficient (Wildman–Crippen LogP) is 1.89. The van der Waals surface area contributed by atoms with E-state index in [4.69, 9.17) is 0 Å². The number of benzene rings is 1. The largest absolute Gasteiger partial charge is 0.354 e. The molecule has 2 aliphatic heterocycles. The van der Waals surface area contributed by atoms with Crippen molar-refractivity contribution in [2.24, 2.45) is 5.92 Å². The molecule has 2 N–H and O–H groups in total. The highest BCUT2D eigenvalue weighted by molar-refractivity contribution is 5.85. The first kappa shape index (κ1) is 17.3. The number of carbonyl (C=O) groups excluding carboxylic acids is 1. The molecule has 5 heteroatoms. The molecule has 0 aromatic heterocycles. The Bertz CT molecular complexity index is 481. The number of nitrogens with one attached hydrogen (secondary N) is 2. The van der Waals surface area contributed by atoms with Gasteiger partial charge in [0.05, 0.1) is 12.0 Å². The van der Waals surface area contributed by atoms with Gasteiger partial charge in [-0.1, -0.05) is 29.8 Å². The van der Waals surface area contributed by atoms with Gasteiger partial charge in [-0.25, -0.2) is 0 Å². The Kier molecular flexibility index (Phi) is 6.24. The van der Waals surface area contributed by atoms with E-state index in [1.165, 1.54) is 24.0 Å². The first-order valence-electron chi connectivity index (χ1n) is 8.03. The molecule has 122 valence electrons. The molecule has 1 amide bonds. The molecule has 3 rings (SSSR count). The molecular weight excluding hydrogens is 298 g/mol. The van der Waals surface area contributed by atoms with Gasteiger partial charge in [-0.15, -0.1) is 12.4 Å². The summed E-state index contributed by atoms with van der Waals surface area (Å²) in [6.45, 7) is 6.76. The molecule has 2 aliphatic rings. The maximum Gasteiger partial charge on any atom is 0.225 e. The minimum atomic E-state index is 0. The van der Waals surface area contributed by atoms with Crippen LogP contribution in [0, 0.1) is 12.8 Å². The number of carbonyl (C=O) groups is 1. The lowest BCUT2D eigenvalue weighted by atomic mass is 10.0. The van der Waals surface area contributed by atoms with E-state index < -0.39 is 0 Å². The van der Waals surface area contributed by atoms with Gasteiger partial charge in [0.15, 0.2) is 0 Å². The monoisotopic (exact) mass is 323 g/mol. The SMILES string of the molecule is Cc1ccc(C(CNC(=O)C2CNC2)N2CCCC2)cc1.Cl. The van der Waals surface area contributed by atoms with Crippen LogP contribution in [-0.2, 0) is 4.79 Å². The molecule has 22 heavy (non-hydrogen) atoms. The molecule has 4 nitrogen and oxygen atoms in total. The predicted molar refractivity (Wildman–Crippen MR) is 91.3 cm³/mol. The summed E-state index contributed by atoms with van der Waals surface area (Å²) in [5, 5.41) is 6.31. The maximum absolute atomic E-state index is 12.1. The van der Waals surface area contributed by atoms with Gasteiger partial charge in [-0.3, -0.25) is 9.69 Å². The van der Waals surface area contributed by atoms with Crippen molar-refractivity contribution in [1.82, 2.24) is 15.5 Å². The van der Waals surface area contributed by atoms with Crippen LogP contribution >= 0.6 is 12.4 Å². The highest BCUT2D eigenvalue weighted by Crippen LogP contribution is 2.25. The summed E-state index contributed by atoms with van der Waals surface area (Å²) in [7, 11) is 0. The van der Waals surface area contributed by atoms with Crippen molar-refractivity contribution in [3.63, 3.8) is 0 Å². The third-order valence-corrected chi connectivity index (χ3v) is 4.67. The normalized spacial score (nSPS) is 20.0. The second kappa shape index (κ2) is 7.95. The molecule has 1 aromatic carbocycles. The minimum Gasteiger partial charge on any atom is -0.354 e. The molecule has 0 aliphatic carbocycles. The van der Waals surface area contributed by atoms with Crippen LogP contribution in [0.15, 0.2) is 24.3 Å². The summed E-state index contributed by atoms with van der Waals surface area (Å²) in [6.07, 6.45) is 2.53. The summed E-state index contributed by atoms with van der Waals surface area (Å²) in [5.74, 6) is 0.368. The van der Waals surface area contributed by atoms with Gasteiger partial charge in [-0.2, -0.15) is 0 Å². The Morgan fingerprint density at radius 3 is 2.45 bits per heavy atom. The third-order valence-electron chi connectivity index (χ3n) is 4.67. The molecular formula is C17H26ClN3O. The molecule has 1 atom stereocenters. The summed E-state index contributed by atoms with van der Waals surface area (Å²) in [4.78, 5) is 14.6. The van der Waals surface area contributed by atoms with Gasteiger partial charge in [0.1, 0.15) is 0 Å². The lowest BCUT2D eigenvalue weighted by molar-refractivity contribution is -0.126. The van der Waals surface area contributed by atoms with E-state index >= 15 is 0 Å². The Balaban J connectivity index is 0.00000176. The highest BCUT2D eigenvalue weighted by Gasteiger charge is 2.27. The average Bonchev–Trinajstić information content (AvgIpc) is 2.93. The highest BCUT2D eigenvalue weighted by atomic mass is 35.5. The summed E-state index contributed by atoms with van der Waals surface area (Å²) < 4.78 is 0. The second-order valence-corrected chi connectivity index (χ2v) is 6.27. The Hall–Kier alpha value is -1.10. The fourth-order valence-corrected chi connectivity index (χ4v) is 3.12. The third kappa shape index (κ3) is 4.00. The summed E-state index contributed by atoms with van der Waals surface area (Å²) in [6, 6.07) is 9.04. The van der Waals surface area contributed by atoms with Crippen LogP contribution in [0.3, 0.4) is 0 Å². The molecule has 2 heterocycles. The first-order valence-corrected chi connectivity index (χ1v) is 8.03. The van der Waals surface area contributed by atoms with Gasteiger partial charge in [-0.05, 0) is 38.4 Å². The molecule has 1 aromatic rings. The number of nitrogens with zero attached hydrogens (tertiary/aromatic N) is 1. The van der Waals surface area contributed by atoms with Crippen molar-refractivity contribution < 1.29 is 4.79 Å². The van der Waals surface area contributed by atoms with Crippen molar-refractivity contribution in [1.29, 1.82) is 0 Å². The van der Waals surface area contributed by atoms with Crippen LogP contribution in [0.4, 0.5) is 0 Å². The minimum absolute atomic E-state index is 0. The Labute approximate surface area is 139 Å². The van der Waals surface area contributed by atoms with Gasteiger partial charge < -0.3 is 10.6 Å². The topological polar surface area (TPSA) is 44.4 Å². The number of halogens is 1. The zero-order valence-corrected chi connectivity index (χ0v) is 14.0. The van der Waals surface area contributed by atoms with Crippen LogP contribution in [0.5, 0.6) is 0 Å². The standard InChI is InChI=1S/C17H25N3O.ClH/c1-13-4-6-14(7-5-13)16(20-8-2-3-9-20)12-19-17(21)15-10-18-11-15;/h4-7,15-16,18H,2-3,8-12H2,1H3,(H,19,21);1H. The van der Waals surface area contributed by atoms with E-state index in [9.17, 15) is 4.79 Å². The van der Waals surface area contributed by atoms with Crippen LogP contribution < -0.4 is 10.6 Å². The van der Waals surface area contributed by atoms with E-state index in [1.807, 2.05) is 0 Å². The number of amides is 1. The lowest BCUT2D eigenvalue weighted by Crippen LogP contribution is -2.51. The number of likely N-dealkylation sites (tertiary alicyclic amines) is 1. The van der Waals surface area contributed by atoms with Crippen molar-refractivity contribution in [2.75, 3.05) is 32.7 Å². The Morgan fingerprint density at radius 2 is 1.91 bits per heavy atom. The van der Waals surface area contributed by atoms with Crippen LogP contribution in [0.25, 0.3) is 0 Å². The zero-order chi connectivity index (χ0) is 14.7. The molecule has 0 spiro atoms. The average molecular weight is 324 g/mol. The van der Waals surface area contributed by atoms with Gasteiger partial charge >= 0.3 is 0 Å². The van der Waals surface area contributed by atoms with E-state index in [2.05, 4.69) is 46.7 Å². The molecule has 0 saturated carbocycles. The molecule has 1 unspecified atom stereocenters. The number of hydrogen-bond donors (Lipinski definition) is 2. The van der Waals surface area contributed by atoms with Crippen molar-refractivity contribution in [3.05, 3.63) is 35.4 Å². The zero-order valence-electron chi connectivity index (χ0n) is 13.2. The van der Waals surface area contributed by atoms with Gasteiger partial charge in [0, 0.05) is 19.6 Å². The molecule has 2 saturated heterocycles. The van der Waals surface area contributed by atoms with E-state index in [-0.39, 0.29) is 24.2 Å². The van der Waals surface area contributed by atoms with E-state index in [0.29, 0.717) is 6.04 Å². The van der Waals surface area contributed by atoms with Crippen molar-refractivity contribution in [2.45, 2.75) is 25.8 Å². The van der Waals surface area contributed by atoms with Crippen LogP contribution in [0.2, 0.25) is 0 Å².